The number of rotatable bonds is 10. The van der Waals surface area contributed by atoms with Crippen LogP contribution < -0.4 is 15.4 Å². The lowest BCUT2D eigenvalue weighted by atomic mass is 10.1. The van der Waals surface area contributed by atoms with E-state index in [0.29, 0.717) is 16.6 Å². The highest BCUT2D eigenvalue weighted by atomic mass is 35.5. The topological polar surface area (TPSA) is 136 Å². The molecular weight excluding hydrogens is 565 g/mol. The molecule has 0 radical (unpaired) electrons. The molecule has 2 aromatic carbocycles. The van der Waals surface area contributed by atoms with Gasteiger partial charge in [-0.15, -0.1) is 5.10 Å². The minimum atomic E-state index is -1.02. The van der Waals surface area contributed by atoms with Crippen molar-refractivity contribution in [3.05, 3.63) is 74.0 Å². The Morgan fingerprint density at radius 2 is 1.76 bits per heavy atom. The van der Waals surface area contributed by atoms with Gasteiger partial charge in [-0.1, -0.05) is 69.4 Å². The second kappa shape index (κ2) is 11.7. The first kappa shape index (κ1) is 26.6. The number of halogens is 3. The van der Waals surface area contributed by atoms with Gasteiger partial charge in [0.25, 0.3) is 11.8 Å². The van der Waals surface area contributed by atoms with Gasteiger partial charge in [-0.05, 0) is 31.2 Å². The number of nitrogens with zero attached hydrogens (tertiary/aromatic N) is 3. The number of nitrogens with one attached hydrogen (secondary N) is 2. The molecule has 0 atom stereocenters. The Labute approximate surface area is 228 Å². The third kappa shape index (κ3) is 6.83. The summed E-state index contributed by atoms with van der Waals surface area (Å²) >= 11 is 18.8. The molecule has 0 aliphatic heterocycles. The number of carbonyl (C=O) groups is 3. The number of Topliss-reactive ketones (excluding diaryl/α,β-unsaturated/α-hetero) is 2. The summed E-state index contributed by atoms with van der Waals surface area (Å²) in [6.45, 7) is 1.67. The molecule has 4 rings (SSSR count). The highest BCUT2D eigenvalue weighted by molar-refractivity contribution is 7.17. The molecule has 190 valence electrons. The Bertz CT molecular complexity index is 1470. The van der Waals surface area contributed by atoms with Crippen molar-refractivity contribution < 1.29 is 23.5 Å². The maximum Gasteiger partial charge on any atom is 0.321 e. The van der Waals surface area contributed by atoms with Gasteiger partial charge in [0.2, 0.25) is 5.78 Å². The lowest BCUT2D eigenvalue weighted by Gasteiger charge is -2.08. The van der Waals surface area contributed by atoms with Crippen molar-refractivity contribution in [1.82, 2.24) is 15.2 Å². The standard InChI is InChI=1S/C23H16Cl3N5O5S/c1-11-20(17(32)9-18(33)21(34)28-16-8-14(25)13(24)7-15(16)26)37-23(27-11)29-22-31-30-19(36-22)10-35-12-5-3-2-4-6-12/h2-8H,9-10H2,1H3,(H,28,34)(H,27,29,31). The first-order chi connectivity index (χ1) is 17.7. The summed E-state index contributed by atoms with van der Waals surface area (Å²) in [5.74, 6) is -1.68. The Morgan fingerprint density at radius 3 is 2.51 bits per heavy atom. The van der Waals surface area contributed by atoms with Crippen LogP contribution in [0.25, 0.3) is 0 Å². The van der Waals surface area contributed by atoms with Gasteiger partial charge >= 0.3 is 6.01 Å². The number of carbonyl (C=O) groups excluding carboxylic acids is 3. The van der Waals surface area contributed by atoms with Gasteiger partial charge < -0.3 is 14.5 Å². The average molecular weight is 581 g/mol. The van der Waals surface area contributed by atoms with Crippen LogP contribution in [0.1, 0.15) is 27.7 Å². The van der Waals surface area contributed by atoms with E-state index in [1.807, 2.05) is 18.2 Å². The normalized spacial score (nSPS) is 10.7. The third-order valence-corrected chi connectivity index (χ3v) is 6.82. The van der Waals surface area contributed by atoms with Gasteiger partial charge in [-0.25, -0.2) is 4.98 Å². The summed E-state index contributed by atoms with van der Waals surface area (Å²) in [7, 11) is 0. The molecule has 0 saturated heterocycles. The Kier molecular flexibility index (Phi) is 8.39. The quantitative estimate of drug-likeness (QED) is 0.102. The van der Waals surface area contributed by atoms with Gasteiger partial charge in [-0.2, -0.15) is 0 Å². The summed E-state index contributed by atoms with van der Waals surface area (Å²) in [4.78, 5) is 41.8. The Hall–Kier alpha value is -3.51. The van der Waals surface area contributed by atoms with E-state index >= 15 is 0 Å². The number of benzene rings is 2. The first-order valence-corrected chi connectivity index (χ1v) is 12.4. The number of thiazole rings is 1. The van der Waals surface area contributed by atoms with E-state index in [4.69, 9.17) is 44.0 Å². The number of ether oxygens (including phenoxy) is 1. The first-order valence-electron chi connectivity index (χ1n) is 10.5. The van der Waals surface area contributed by atoms with Crippen molar-refractivity contribution in [2.75, 3.05) is 10.6 Å². The van der Waals surface area contributed by atoms with Crippen LogP contribution in [-0.4, -0.2) is 32.7 Å². The number of aryl methyl sites for hydroxylation is 1. The second-order valence-electron chi connectivity index (χ2n) is 7.38. The maximum atomic E-state index is 12.7. The molecule has 4 aromatic rings. The van der Waals surface area contributed by atoms with Crippen molar-refractivity contribution in [2.45, 2.75) is 20.0 Å². The molecule has 0 saturated carbocycles. The molecule has 37 heavy (non-hydrogen) atoms. The molecule has 0 aliphatic rings. The molecule has 2 heterocycles. The van der Waals surface area contributed by atoms with Crippen LogP contribution in [0.15, 0.2) is 46.9 Å². The summed E-state index contributed by atoms with van der Waals surface area (Å²) in [6, 6.07) is 11.8. The van der Waals surface area contributed by atoms with Crippen LogP contribution in [0, 0.1) is 6.92 Å². The zero-order chi connectivity index (χ0) is 26.5. The molecule has 0 bridgehead atoms. The molecule has 1 amide bonds. The molecule has 0 spiro atoms. The summed E-state index contributed by atoms with van der Waals surface area (Å²) in [5, 5.41) is 13.6. The lowest BCUT2D eigenvalue weighted by molar-refractivity contribution is -0.134. The third-order valence-electron chi connectivity index (χ3n) is 4.67. The van der Waals surface area contributed by atoms with E-state index in [-0.39, 0.29) is 44.1 Å². The van der Waals surface area contributed by atoms with Gasteiger partial charge in [0.15, 0.2) is 17.5 Å². The number of aromatic nitrogens is 3. The van der Waals surface area contributed by atoms with Crippen LogP contribution in [0.4, 0.5) is 16.8 Å². The molecule has 2 N–H and O–H groups in total. The van der Waals surface area contributed by atoms with Gasteiger partial charge in [0.05, 0.1) is 37.7 Å². The van der Waals surface area contributed by atoms with Crippen molar-refractivity contribution in [1.29, 1.82) is 0 Å². The van der Waals surface area contributed by atoms with Gasteiger partial charge in [0, 0.05) is 0 Å². The fourth-order valence-corrected chi connectivity index (χ4v) is 4.43. The number of hydrogen-bond acceptors (Lipinski definition) is 10. The van der Waals surface area contributed by atoms with E-state index in [2.05, 4.69) is 25.8 Å². The van der Waals surface area contributed by atoms with Crippen LogP contribution in [0.5, 0.6) is 5.75 Å². The van der Waals surface area contributed by atoms with Gasteiger partial charge in [-0.3, -0.25) is 19.7 Å². The molecular formula is C23H16Cl3N5O5S. The molecule has 0 unspecified atom stereocenters. The summed E-state index contributed by atoms with van der Waals surface area (Å²) in [5.41, 5.74) is 0.459. The largest absolute Gasteiger partial charge is 0.484 e. The average Bonchev–Trinajstić information content (AvgIpc) is 3.47. The summed E-state index contributed by atoms with van der Waals surface area (Å²) in [6.07, 6.45) is -0.672. The predicted octanol–water partition coefficient (Wildman–Crippen LogP) is 5.90. The van der Waals surface area contributed by atoms with Crippen LogP contribution in [-0.2, 0) is 16.2 Å². The second-order valence-corrected chi connectivity index (χ2v) is 9.61. The molecule has 0 aliphatic carbocycles. The molecule has 2 aromatic heterocycles. The zero-order valence-corrected chi connectivity index (χ0v) is 22.0. The molecule has 0 fully saturated rings. The van der Waals surface area contributed by atoms with Crippen LogP contribution in [0.2, 0.25) is 15.1 Å². The fourth-order valence-electron chi connectivity index (χ4n) is 2.94. The monoisotopic (exact) mass is 579 g/mol. The number of hydrogen-bond donors (Lipinski definition) is 2. The highest BCUT2D eigenvalue weighted by Crippen LogP contribution is 2.32. The van der Waals surface area contributed by atoms with E-state index < -0.39 is 23.9 Å². The van der Waals surface area contributed by atoms with Crippen molar-refractivity contribution >= 4 is 80.4 Å². The van der Waals surface area contributed by atoms with Crippen molar-refractivity contribution in [3.8, 4) is 5.75 Å². The number of ketones is 2. The van der Waals surface area contributed by atoms with Crippen molar-refractivity contribution in [2.24, 2.45) is 0 Å². The predicted molar refractivity (Wildman–Crippen MR) is 139 cm³/mol. The Balaban J connectivity index is 1.34. The lowest BCUT2D eigenvalue weighted by Crippen LogP contribution is -2.25. The smallest absolute Gasteiger partial charge is 0.321 e. The number of para-hydroxylation sites is 1. The van der Waals surface area contributed by atoms with Gasteiger partial charge in [0.1, 0.15) is 5.75 Å². The van der Waals surface area contributed by atoms with Crippen LogP contribution >= 0.6 is 46.1 Å². The van der Waals surface area contributed by atoms with E-state index in [9.17, 15) is 14.4 Å². The van der Waals surface area contributed by atoms with E-state index in [1.54, 1.807) is 19.1 Å². The van der Waals surface area contributed by atoms with Crippen LogP contribution in [0.3, 0.4) is 0 Å². The van der Waals surface area contributed by atoms with Crippen molar-refractivity contribution in [3.63, 3.8) is 0 Å². The number of amides is 1. The SMILES string of the molecule is Cc1nc(Nc2nnc(COc3ccccc3)o2)sc1C(=O)CC(=O)C(=O)Nc1cc(Cl)c(Cl)cc1Cl. The van der Waals surface area contributed by atoms with E-state index in [1.165, 1.54) is 12.1 Å². The molecule has 10 nitrogen and oxygen atoms in total. The maximum absolute atomic E-state index is 12.7. The van der Waals surface area contributed by atoms with E-state index in [0.717, 1.165) is 11.3 Å². The fraction of sp³-hybridized carbons (Fsp3) is 0.130. The Morgan fingerprint density at radius 1 is 1.03 bits per heavy atom. The number of anilines is 3. The zero-order valence-electron chi connectivity index (χ0n) is 18.9. The highest BCUT2D eigenvalue weighted by Gasteiger charge is 2.24. The minimum Gasteiger partial charge on any atom is -0.484 e. The molecule has 14 heteroatoms. The minimum absolute atomic E-state index is 0.0494. The summed E-state index contributed by atoms with van der Waals surface area (Å²) < 4.78 is 11.0.